The standard InChI is InChI=1S/C8H19NO/c1-6-8(2,10-5)7-9(3)4/h6-7H2,1-5H3. The molecule has 0 fully saturated rings. The lowest BCUT2D eigenvalue weighted by molar-refractivity contribution is -0.0156. The van der Waals surface area contributed by atoms with Crippen molar-refractivity contribution in [2.45, 2.75) is 25.9 Å². The Kier molecular flexibility index (Phi) is 3.91. The van der Waals surface area contributed by atoms with E-state index in [-0.39, 0.29) is 5.60 Å². The van der Waals surface area contributed by atoms with Crippen molar-refractivity contribution in [3.05, 3.63) is 0 Å². The number of ether oxygens (including phenoxy) is 1. The van der Waals surface area contributed by atoms with Crippen LogP contribution in [0.5, 0.6) is 0 Å². The van der Waals surface area contributed by atoms with E-state index < -0.39 is 0 Å². The molecular weight excluding hydrogens is 126 g/mol. The Morgan fingerprint density at radius 2 is 1.90 bits per heavy atom. The minimum atomic E-state index is 0.0313. The van der Waals surface area contributed by atoms with Gasteiger partial charge >= 0.3 is 0 Å². The quantitative estimate of drug-likeness (QED) is 0.592. The van der Waals surface area contributed by atoms with Gasteiger partial charge in [-0.05, 0) is 27.4 Å². The van der Waals surface area contributed by atoms with E-state index in [1.54, 1.807) is 7.11 Å². The maximum Gasteiger partial charge on any atom is 0.0774 e. The normalized spacial score (nSPS) is 17.4. The molecule has 2 heteroatoms. The summed E-state index contributed by atoms with van der Waals surface area (Å²) in [7, 11) is 5.90. The molecule has 62 valence electrons. The number of rotatable bonds is 4. The summed E-state index contributed by atoms with van der Waals surface area (Å²) in [4.78, 5) is 2.15. The zero-order valence-electron chi connectivity index (χ0n) is 7.77. The van der Waals surface area contributed by atoms with Gasteiger partial charge in [-0.3, -0.25) is 0 Å². The molecule has 1 atom stereocenters. The summed E-state index contributed by atoms with van der Waals surface area (Å²) in [6.07, 6.45) is 1.06. The van der Waals surface area contributed by atoms with Crippen molar-refractivity contribution in [3.8, 4) is 0 Å². The molecule has 1 unspecified atom stereocenters. The summed E-state index contributed by atoms with van der Waals surface area (Å²) in [5, 5.41) is 0. The van der Waals surface area contributed by atoms with Gasteiger partial charge in [0.1, 0.15) is 0 Å². The van der Waals surface area contributed by atoms with Crippen LogP contribution in [0.4, 0.5) is 0 Å². The predicted octanol–water partition coefficient (Wildman–Crippen LogP) is 1.36. The summed E-state index contributed by atoms with van der Waals surface area (Å²) in [5.74, 6) is 0. The number of hydrogen-bond donors (Lipinski definition) is 0. The first-order valence-electron chi connectivity index (χ1n) is 3.74. The predicted molar refractivity (Wildman–Crippen MR) is 44.3 cm³/mol. The number of hydrogen-bond acceptors (Lipinski definition) is 2. The first-order valence-corrected chi connectivity index (χ1v) is 3.74. The van der Waals surface area contributed by atoms with Crippen LogP contribution >= 0.6 is 0 Å². The Hall–Kier alpha value is -0.0800. The number of likely N-dealkylation sites (N-methyl/N-ethyl adjacent to an activating group) is 1. The van der Waals surface area contributed by atoms with Gasteiger partial charge in [0.25, 0.3) is 0 Å². The van der Waals surface area contributed by atoms with Crippen LogP contribution < -0.4 is 0 Å². The van der Waals surface area contributed by atoms with Gasteiger partial charge in [-0.25, -0.2) is 0 Å². The van der Waals surface area contributed by atoms with Gasteiger partial charge < -0.3 is 9.64 Å². The highest BCUT2D eigenvalue weighted by molar-refractivity contribution is 4.74. The summed E-state index contributed by atoms with van der Waals surface area (Å²) in [5.41, 5.74) is 0.0313. The van der Waals surface area contributed by atoms with Crippen LogP contribution in [0.1, 0.15) is 20.3 Å². The lowest BCUT2D eigenvalue weighted by atomic mass is 10.0. The summed E-state index contributed by atoms with van der Waals surface area (Å²) >= 11 is 0. The van der Waals surface area contributed by atoms with E-state index in [1.807, 2.05) is 0 Å². The van der Waals surface area contributed by atoms with Gasteiger partial charge in [-0.2, -0.15) is 0 Å². The minimum Gasteiger partial charge on any atom is -0.377 e. The van der Waals surface area contributed by atoms with Crippen molar-refractivity contribution in [1.82, 2.24) is 4.90 Å². The zero-order valence-corrected chi connectivity index (χ0v) is 7.77. The van der Waals surface area contributed by atoms with Crippen molar-refractivity contribution in [2.24, 2.45) is 0 Å². The summed E-state index contributed by atoms with van der Waals surface area (Å²) < 4.78 is 5.36. The van der Waals surface area contributed by atoms with Crippen LogP contribution in [0.2, 0.25) is 0 Å². The molecular formula is C8H19NO. The second kappa shape index (κ2) is 3.94. The fourth-order valence-corrected chi connectivity index (χ4v) is 0.990. The average Bonchev–Trinajstić information content (AvgIpc) is 1.87. The molecule has 10 heavy (non-hydrogen) atoms. The monoisotopic (exact) mass is 145 g/mol. The molecule has 2 nitrogen and oxygen atoms in total. The highest BCUT2D eigenvalue weighted by atomic mass is 16.5. The van der Waals surface area contributed by atoms with Crippen LogP contribution in [-0.2, 0) is 4.74 Å². The van der Waals surface area contributed by atoms with Crippen molar-refractivity contribution >= 4 is 0 Å². The molecule has 0 aliphatic carbocycles. The highest BCUT2D eigenvalue weighted by Gasteiger charge is 2.21. The zero-order chi connectivity index (χ0) is 8.20. The van der Waals surface area contributed by atoms with Gasteiger partial charge in [-0.1, -0.05) is 6.92 Å². The van der Waals surface area contributed by atoms with E-state index in [4.69, 9.17) is 4.74 Å². The third-order valence-electron chi connectivity index (χ3n) is 1.89. The Morgan fingerprint density at radius 3 is 2.00 bits per heavy atom. The van der Waals surface area contributed by atoms with Crippen LogP contribution in [0.25, 0.3) is 0 Å². The Balaban J connectivity index is 3.80. The first kappa shape index (κ1) is 9.92. The summed E-state index contributed by atoms with van der Waals surface area (Å²) in [6, 6.07) is 0. The molecule has 0 N–H and O–H groups in total. The number of nitrogens with zero attached hydrogens (tertiary/aromatic N) is 1. The van der Waals surface area contributed by atoms with Crippen molar-refractivity contribution < 1.29 is 4.74 Å². The molecule has 0 heterocycles. The molecule has 0 bridgehead atoms. The van der Waals surface area contributed by atoms with E-state index >= 15 is 0 Å². The van der Waals surface area contributed by atoms with Crippen LogP contribution in [0, 0.1) is 0 Å². The Morgan fingerprint density at radius 1 is 1.40 bits per heavy atom. The molecule has 0 saturated carbocycles. The van der Waals surface area contributed by atoms with Crippen LogP contribution in [0.15, 0.2) is 0 Å². The van der Waals surface area contributed by atoms with Crippen molar-refractivity contribution in [3.63, 3.8) is 0 Å². The van der Waals surface area contributed by atoms with E-state index in [9.17, 15) is 0 Å². The van der Waals surface area contributed by atoms with Gasteiger partial charge in [-0.15, -0.1) is 0 Å². The summed E-state index contributed by atoms with van der Waals surface area (Å²) in [6.45, 7) is 5.26. The molecule has 0 aliphatic heterocycles. The topological polar surface area (TPSA) is 12.5 Å². The lowest BCUT2D eigenvalue weighted by Crippen LogP contribution is -2.38. The van der Waals surface area contributed by atoms with Gasteiger partial charge in [0.05, 0.1) is 5.60 Å². The maximum atomic E-state index is 5.36. The van der Waals surface area contributed by atoms with Gasteiger partial charge in [0.2, 0.25) is 0 Å². The second-order valence-corrected chi connectivity index (χ2v) is 3.25. The third-order valence-corrected chi connectivity index (χ3v) is 1.89. The molecule has 0 rings (SSSR count). The Bertz CT molecular complexity index is 87.3. The average molecular weight is 145 g/mol. The van der Waals surface area contributed by atoms with Gasteiger partial charge in [0, 0.05) is 13.7 Å². The Labute approximate surface area is 64.2 Å². The van der Waals surface area contributed by atoms with E-state index in [0.29, 0.717) is 0 Å². The van der Waals surface area contributed by atoms with E-state index in [0.717, 1.165) is 13.0 Å². The van der Waals surface area contributed by atoms with Crippen molar-refractivity contribution in [2.75, 3.05) is 27.7 Å². The molecule has 0 amide bonds. The molecule has 0 saturated heterocycles. The first-order chi connectivity index (χ1) is 4.54. The molecule has 0 aromatic rings. The van der Waals surface area contributed by atoms with Gasteiger partial charge in [0.15, 0.2) is 0 Å². The maximum absolute atomic E-state index is 5.36. The minimum absolute atomic E-state index is 0.0313. The largest absolute Gasteiger partial charge is 0.377 e. The smallest absolute Gasteiger partial charge is 0.0774 e. The van der Waals surface area contributed by atoms with Crippen molar-refractivity contribution in [1.29, 1.82) is 0 Å². The van der Waals surface area contributed by atoms with E-state index in [1.165, 1.54) is 0 Å². The fraction of sp³-hybridized carbons (Fsp3) is 1.00. The SMILES string of the molecule is CCC(C)(CN(C)C)OC. The van der Waals surface area contributed by atoms with E-state index in [2.05, 4.69) is 32.8 Å². The lowest BCUT2D eigenvalue weighted by Gasteiger charge is -2.29. The highest BCUT2D eigenvalue weighted by Crippen LogP contribution is 2.13. The third kappa shape index (κ3) is 3.18. The fourth-order valence-electron chi connectivity index (χ4n) is 0.990. The second-order valence-electron chi connectivity index (χ2n) is 3.25. The number of methoxy groups -OCH3 is 1. The molecule has 0 aromatic heterocycles. The van der Waals surface area contributed by atoms with Crippen LogP contribution in [0.3, 0.4) is 0 Å². The molecule has 0 radical (unpaired) electrons. The van der Waals surface area contributed by atoms with Crippen LogP contribution in [-0.4, -0.2) is 38.3 Å². The molecule has 0 aliphatic rings. The molecule has 0 aromatic carbocycles. The molecule has 0 spiro atoms.